The molecule has 0 aliphatic heterocycles. The summed E-state index contributed by atoms with van der Waals surface area (Å²) >= 11 is 0. The number of hydrogen-bond donors (Lipinski definition) is 0. The van der Waals surface area contributed by atoms with Crippen molar-refractivity contribution in [1.29, 1.82) is 0 Å². The molecule has 0 amide bonds. The predicted molar refractivity (Wildman–Crippen MR) is 81.2 cm³/mol. The number of carbonyl (C=O) groups is 1. The van der Waals surface area contributed by atoms with E-state index in [1.54, 1.807) is 0 Å². The quantitative estimate of drug-likeness (QED) is 0.584. The van der Waals surface area contributed by atoms with E-state index in [0.29, 0.717) is 16.6 Å². The molecule has 0 aromatic heterocycles. The van der Waals surface area contributed by atoms with Crippen molar-refractivity contribution in [2.24, 2.45) is 28.6 Å². The Bertz CT molecular complexity index is 514. The highest BCUT2D eigenvalue weighted by Gasteiger charge is 2.54. The second-order valence-electron chi connectivity index (χ2n) is 8.15. The maximum atomic E-state index is 11.8. The Morgan fingerprint density at radius 2 is 1.95 bits per heavy atom. The summed E-state index contributed by atoms with van der Waals surface area (Å²) in [4.78, 5) is 11.8. The van der Waals surface area contributed by atoms with Gasteiger partial charge in [0.25, 0.3) is 0 Å². The summed E-state index contributed by atoms with van der Waals surface area (Å²) in [5, 5.41) is 0. The van der Waals surface area contributed by atoms with E-state index in [9.17, 15) is 4.79 Å². The number of allylic oxidation sites excluding steroid dienone is 4. The maximum Gasteiger partial charge on any atom is 0.155 e. The van der Waals surface area contributed by atoms with Crippen LogP contribution >= 0.6 is 0 Å². The number of rotatable bonds is 0. The van der Waals surface area contributed by atoms with Gasteiger partial charge in [-0.15, -0.1) is 0 Å². The molecular weight excluding hydrogens is 244 g/mol. The Labute approximate surface area is 122 Å². The number of carbonyl (C=O) groups excluding carboxylic acids is 1. The van der Waals surface area contributed by atoms with Gasteiger partial charge in [0, 0.05) is 6.42 Å². The van der Waals surface area contributed by atoms with E-state index in [1.165, 1.54) is 37.7 Å². The molecule has 2 saturated carbocycles. The topological polar surface area (TPSA) is 17.1 Å². The van der Waals surface area contributed by atoms with Gasteiger partial charge in [0.05, 0.1) is 0 Å². The van der Waals surface area contributed by atoms with Crippen LogP contribution in [0.4, 0.5) is 0 Å². The molecule has 0 N–H and O–H groups in total. The highest BCUT2D eigenvalue weighted by Crippen LogP contribution is 2.63. The number of fused-ring (bicyclic) bond motifs is 5. The van der Waals surface area contributed by atoms with Gasteiger partial charge < -0.3 is 0 Å². The van der Waals surface area contributed by atoms with Crippen LogP contribution in [0, 0.1) is 28.6 Å². The molecule has 1 heteroatoms. The van der Waals surface area contributed by atoms with Crippen molar-refractivity contribution >= 4 is 5.78 Å². The fourth-order valence-corrected chi connectivity index (χ4v) is 6.04. The summed E-state index contributed by atoms with van der Waals surface area (Å²) < 4.78 is 0. The minimum absolute atomic E-state index is 0.334. The standard InChI is InChI=1S/C19H26O/c1-18-9-3-4-16(18)15-6-5-13-12-14(20)7-11-19(13,2)17(15)8-10-18/h3,9,12,15-17H,4-8,10-11H2,1-2H3/t15-,16+,17+,18-,19-/m0/s1. The van der Waals surface area contributed by atoms with Crippen LogP contribution in [0.5, 0.6) is 0 Å². The van der Waals surface area contributed by atoms with E-state index < -0.39 is 0 Å². The maximum absolute atomic E-state index is 11.8. The predicted octanol–water partition coefficient (Wildman–Crippen LogP) is 4.68. The zero-order chi connectivity index (χ0) is 14.0. The van der Waals surface area contributed by atoms with E-state index in [1.807, 2.05) is 6.08 Å². The van der Waals surface area contributed by atoms with E-state index in [-0.39, 0.29) is 0 Å². The summed E-state index contributed by atoms with van der Waals surface area (Å²) in [5.41, 5.74) is 2.30. The van der Waals surface area contributed by atoms with E-state index in [4.69, 9.17) is 0 Å². The van der Waals surface area contributed by atoms with Crippen molar-refractivity contribution in [3.63, 3.8) is 0 Å². The van der Waals surface area contributed by atoms with Gasteiger partial charge in [-0.1, -0.05) is 31.6 Å². The normalized spacial score (nSPS) is 50.2. The van der Waals surface area contributed by atoms with Gasteiger partial charge >= 0.3 is 0 Å². The smallest absolute Gasteiger partial charge is 0.155 e. The monoisotopic (exact) mass is 270 g/mol. The molecule has 4 aliphatic carbocycles. The first-order valence-electron chi connectivity index (χ1n) is 8.44. The summed E-state index contributed by atoms with van der Waals surface area (Å²) in [5.74, 6) is 2.96. The molecule has 2 fully saturated rings. The van der Waals surface area contributed by atoms with Crippen LogP contribution in [0.15, 0.2) is 23.8 Å². The second-order valence-corrected chi connectivity index (χ2v) is 8.15. The van der Waals surface area contributed by atoms with E-state index in [2.05, 4.69) is 26.0 Å². The lowest BCUT2D eigenvalue weighted by Crippen LogP contribution is -2.49. The van der Waals surface area contributed by atoms with Crippen molar-refractivity contribution < 1.29 is 4.79 Å². The molecule has 0 radical (unpaired) electrons. The highest BCUT2D eigenvalue weighted by molar-refractivity contribution is 5.91. The molecule has 0 bridgehead atoms. The lowest BCUT2D eigenvalue weighted by molar-refractivity contribution is -0.117. The van der Waals surface area contributed by atoms with Gasteiger partial charge in [0.1, 0.15) is 0 Å². The summed E-state index contributed by atoms with van der Waals surface area (Å²) in [6.45, 7) is 4.95. The Morgan fingerprint density at radius 1 is 1.10 bits per heavy atom. The fourth-order valence-electron chi connectivity index (χ4n) is 6.04. The summed E-state index contributed by atoms with van der Waals surface area (Å²) in [6.07, 6.45) is 15.4. The van der Waals surface area contributed by atoms with Gasteiger partial charge in [-0.3, -0.25) is 4.79 Å². The highest BCUT2D eigenvalue weighted by atomic mass is 16.1. The molecule has 0 aromatic carbocycles. The van der Waals surface area contributed by atoms with Crippen molar-refractivity contribution in [1.82, 2.24) is 0 Å². The molecule has 108 valence electrons. The largest absolute Gasteiger partial charge is 0.295 e. The zero-order valence-electron chi connectivity index (χ0n) is 12.8. The Balaban J connectivity index is 1.70. The van der Waals surface area contributed by atoms with Gasteiger partial charge in [-0.25, -0.2) is 0 Å². The van der Waals surface area contributed by atoms with Gasteiger partial charge in [-0.05, 0) is 73.2 Å². The van der Waals surface area contributed by atoms with Crippen LogP contribution in [-0.2, 0) is 4.79 Å². The van der Waals surface area contributed by atoms with Crippen molar-refractivity contribution in [3.05, 3.63) is 23.8 Å². The molecule has 4 aliphatic rings. The molecule has 0 spiro atoms. The Morgan fingerprint density at radius 3 is 2.80 bits per heavy atom. The van der Waals surface area contributed by atoms with Crippen LogP contribution < -0.4 is 0 Å². The minimum atomic E-state index is 0.334. The summed E-state index contributed by atoms with van der Waals surface area (Å²) in [6, 6.07) is 0. The molecule has 0 heterocycles. The molecule has 0 unspecified atom stereocenters. The first-order valence-corrected chi connectivity index (χ1v) is 8.44. The molecule has 0 saturated heterocycles. The first-order chi connectivity index (χ1) is 9.53. The van der Waals surface area contributed by atoms with Crippen LogP contribution in [0.25, 0.3) is 0 Å². The van der Waals surface area contributed by atoms with Crippen LogP contribution in [0.2, 0.25) is 0 Å². The number of ketones is 1. The average Bonchev–Trinajstić information content (AvgIpc) is 2.81. The third kappa shape index (κ3) is 1.58. The van der Waals surface area contributed by atoms with Gasteiger partial charge in [0.15, 0.2) is 5.78 Å². The van der Waals surface area contributed by atoms with Gasteiger partial charge in [0.2, 0.25) is 0 Å². The molecule has 5 atom stereocenters. The molecule has 0 aromatic rings. The van der Waals surface area contributed by atoms with Crippen molar-refractivity contribution in [2.45, 2.75) is 58.8 Å². The number of hydrogen-bond acceptors (Lipinski definition) is 1. The van der Waals surface area contributed by atoms with E-state index in [0.717, 1.165) is 30.6 Å². The zero-order valence-corrected chi connectivity index (χ0v) is 12.8. The third-order valence-corrected chi connectivity index (χ3v) is 7.29. The molecule has 20 heavy (non-hydrogen) atoms. The first kappa shape index (κ1) is 12.9. The molecular formula is C19H26O. The van der Waals surface area contributed by atoms with Crippen molar-refractivity contribution in [3.8, 4) is 0 Å². The Hall–Kier alpha value is -0.850. The van der Waals surface area contributed by atoms with Gasteiger partial charge in [-0.2, -0.15) is 0 Å². The average molecular weight is 270 g/mol. The molecule has 1 nitrogen and oxygen atoms in total. The lowest BCUT2D eigenvalue weighted by Gasteiger charge is -2.57. The fraction of sp³-hybridized carbons (Fsp3) is 0.737. The van der Waals surface area contributed by atoms with Crippen molar-refractivity contribution in [2.75, 3.05) is 0 Å². The summed E-state index contributed by atoms with van der Waals surface area (Å²) in [7, 11) is 0. The minimum Gasteiger partial charge on any atom is -0.295 e. The Kier molecular flexibility index (Phi) is 2.63. The van der Waals surface area contributed by atoms with Crippen LogP contribution in [0.1, 0.15) is 58.8 Å². The van der Waals surface area contributed by atoms with Crippen LogP contribution in [-0.4, -0.2) is 5.78 Å². The SMILES string of the molecule is C[C@@]12C=CC[C@@H]1[C@@H]1CCC3=CC(=O)CC[C@]3(C)[C@@H]1CC2. The second kappa shape index (κ2) is 4.08. The third-order valence-electron chi connectivity index (χ3n) is 7.29. The molecule has 4 rings (SSSR count). The van der Waals surface area contributed by atoms with Crippen LogP contribution in [0.3, 0.4) is 0 Å². The van der Waals surface area contributed by atoms with E-state index >= 15 is 0 Å². The lowest BCUT2D eigenvalue weighted by atomic mass is 9.47.